The molecule has 2 heterocycles. The maximum atomic E-state index is 11.3. The number of anilines is 1. The molecule has 0 saturated carbocycles. The number of aromatic carboxylic acids is 1. The average molecular weight is 277 g/mol. The summed E-state index contributed by atoms with van der Waals surface area (Å²) in [7, 11) is 0. The van der Waals surface area contributed by atoms with E-state index in [-0.39, 0.29) is 5.56 Å². The normalized spacial score (nSPS) is 10.5. The molecule has 2 rings (SSSR count). The van der Waals surface area contributed by atoms with Gasteiger partial charge in [-0.15, -0.1) is 5.10 Å². The standard InChI is InChI=1S/C13H15N3O2S/c1-7-5-19-6-10(7)4-14-12-11(13(17)18)8(2)9(3)15-16-12/h5-6H,4H2,1-3H3,(H,14,16)(H,17,18). The molecular formula is C13H15N3O2S. The molecule has 0 atom stereocenters. The third kappa shape index (κ3) is 2.73. The summed E-state index contributed by atoms with van der Waals surface area (Å²) >= 11 is 1.63. The average Bonchev–Trinajstić information content (AvgIpc) is 2.76. The molecule has 0 aliphatic heterocycles. The monoisotopic (exact) mass is 277 g/mol. The Hall–Kier alpha value is -1.95. The van der Waals surface area contributed by atoms with Gasteiger partial charge in [0.1, 0.15) is 5.56 Å². The summed E-state index contributed by atoms with van der Waals surface area (Å²) in [6.07, 6.45) is 0. The highest BCUT2D eigenvalue weighted by molar-refractivity contribution is 7.08. The molecule has 0 bridgehead atoms. The van der Waals surface area contributed by atoms with Crippen molar-refractivity contribution < 1.29 is 9.90 Å². The summed E-state index contributed by atoms with van der Waals surface area (Å²) < 4.78 is 0. The molecule has 0 spiro atoms. The van der Waals surface area contributed by atoms with Crippen LogP contribution in [0, 0.1) is 20.8 Å². The van der Waals surface area contributed by atoms with Gasteiger partial charge >= 0.3 is 5.97 Å². The number of carboxylic acid groups (broad SMARTS) is 1. The van der Waals surface area contributed by atoms with Crippen LogP contribution in [0.15, 0.2) is 10.8 Å². The van der Waals surface area contributed by atoms with Crippen LogP contribution in [0.25, 0.3) is 0 Å². The van der Waals surface area contributed by atoms with Crippen molar-refractivity contribution in [3.63, 3.8) is 0 Å². The number of nitrogens with one attached hydrogen (secondary N) is 1. The van der Waals surface area contributed by atoms with Crippen LogP contribution in [0.3, 0.4) is 0 Å². The highest BCUT2D eigenvalue weighted by atomic mass is 32.1. The van der Waals surface area contributed by atoms with Gasteiger partial charge in [-0.1, -0.05) is 0 Å². The van der Waals surface area contributed by atoms with Gasteiger partial charge in [-0.25, -0.2) is 4.79 Å². The minimum atomic E-state index is -0.986. The van der Waals surface area contributed by atoms with E-state index < -0.39 is 5.97 Å². The van der Waals surface area contributed by atoms with Crippen molar-refractivity contribution in [2.75, 3.05) is 5.32 Å². The summed E-state index contributed by atoms with van der Waals surface area (Å²) in [5.74, 6) is -0.666. The van der Waals surface area contributed by atoms with Crippen LogP contribution in [0.1, 0.15) is 32.7 Å². The largest absolute Gasteiger partial charge is 0.478 e. The molecule has 6 heteroatoms. The first-order valence-corrected chi connectivity index (χ1v) is 6.77. The minimum Gasteiger partial charge on any atom is -0.478 e. The number of aryl methyl sites for hydroxylation is 2. The Kier molecular flexibility index (Phi) is 3.80. The first kappa shape index (κ1) is 13.5. The first-order valence-electron chi connectivity index (χ1n) is 5.83. The van der Waals surface area contributed by atoms with E-state index in [0.29, 0.717) is 23.6 Å². The second kappa shape index (κ2) is 5.36. The smallest absolute Gasteiger partial charge is 0.339 e. The predicted molar refractivity (Wildman–Crippen MR) is 74.8 cm³/mol. The fourth-order valence-corrected chi connectivity index (χ4v) is 2.60. The van der Waals surface area contributed by atoms with E-state index in [9.17, 15) is 9.90 Å². The molecule has 0 unspecified atom stereocenters. The number of rotatable bonds is 4. The van der Waals surface area contributed by atoms with Gasteiger partial charge in [-0.3, -0.25) is 0 Å². The van der Waals surface area contributed by atoms with Crippen molar-refractivity contribution >= 4 is 23.1 Å². The number of aromatic nitrogens is 2. The quantitative estimate of drug-likeness (QED) is 0.898. The van der Waals surface area contributed by atoms with Crippen LogP contribution >= 0.6 is 11.3 Å². The molecule has 0 aliphatic carbocycles. The lowest BCUT2D eigenvalue weighted by Gasteiger charge is -2.11. The Morgan fingerprint density at radius 3 is 2.63 bits per heavy atom. The maximum absolute atomic E-state index is 11.3. The van der Waals surface area contributed by atoms with Gasteiger partial charge in [-0.05, 0) is 48.2 Å². The predicted octanol–water partition coefficient (Wildman–Crippen LogP) is 2.77. The number of hydrogen-bond acceptors (Lipinski definition) is 5. The molecule has 2 aromatic rings. The third-order valence-corrected chi connectivity index (χ3v) is 3.99. The lowest BCUT2D eigenvalue weighted by atomic mass is 10.1. The second-order valence-corrected chi connectivity index (χ2v) is 5.12. The molecule has 19 heavy (non-hydrogen) atoms. The molecule has 0 saturated heterocycles. The summed E-state index contributed by atoms with van der Waals surface area (Å²) in [5, 5.41) is 24.4. The Labute approximate surface area is 115 Å². The Morgan fingerprint density at radius 2 is 2.05 bits per heavy atom. The van der Waals surface area contributed by atoms with Crippen LogP contribution in [0.2, 0.25) is 0 Å². The zero-order valence-electron chi connectivity index (χ0n) is 11.0. The number of nitrogens with zero attached hydrogens (tertiary/aromatic N) is 2. The van der Waals surface area contributed by atoms with Crippen LogP contribution in [-0.4, -0.2) is 21.3 Å². The van der Waals surface area contributed by atoms with E-state index in [1.165, 1.54) is 5.56 Å². The minimum absolute atomic E-state index is 0.195. The molecule has 2 aromatic heterocycles. The molecule has 0 amide bonds. The second-order valence-electron chi connectivity index (χ2n) is 4.37. The number of carboxylic acids is 1. The van der Waals surface area contributed by atoms with Gasteiger partial charge in [0.15, 0.2) is 5.82 Å². The highest BCUT2D eigenvalue weighted by Gasteiger charge is 2.17. The third-order valence-electron chi connectivity index (χ3n) is 3.08. The van der Waals surface area contributed by atoms with Crippen molar-refractivity contribution in [1.29, 1.82) is 0 Å². The van der Waals surface area contributed by atoms with E-state index in [4.69, 9.17) is 0 Å². The zero-order chi connectivity index (χ0) is 14.0. The summed E-state index contributed by atoms with van der Waals surface area (Å²) in [5.41, 5.74) is 3.80. The summed E-state index contributed by atoms with van der Waals surface area (Å²) in [6, 6.07) is 0. The Bertz CT molecular complexity index is 622. The number of hydrogen-bond donors (Lipinski definition) is 2. The topological polar surface area (TPSA) is 75.1 Å². The molecule has 0 radical (unpaired) electrons. The number of carbonyl (C=O) groups is 1. The zero-order valence-corrected chi connectivity index (χ0v) is 11.8. The van der Waals surface area contributed by atoms with Crippen molar-refractivity contribution in [1.82, 2.24) is 10.2 Å². The molecule has 100 valence electrons. The van der Waals surface area contributed by atoms with E-state index in [1.807, 2.05) is 12.3 Å². The van der Waals surface area contributed by atoms with Crippen molar-refractivity contribution in [2.24, 2.45) is 0 Å². The Balaban J connectivity index is 2.28. The van der Waals surface area contributed by atoms with E-state index in [1.54, 1.807) is 25.2 Å². The van der Waals surface area contributed by atoms with Crippen molar-refractivity contribution in [2.45, 2.75) is 27.3 Å². The van der Waals surface area contributed by atoms with Gasteiger partial charge < -0.3 is 10.4 Å². The highest BCUT2D eigenvalue weighted by Crippen LogP contribution is 2.20. The van der Waals surface area contributed by atoms with Crippen LogP contribution in [-0.2, 0) is 6.54 Å². The maximum Gasteiger partial charge on any atom is 0.339 e. The first-order chi connectivity index (χ1) is 9.00. The molecule has 0 aliphatic rings. The Morgan fingerprint density at radius 1 is 1.32 bits per heavy atom. The van der Waals surface area contributed by atoms with Crippen LogP contribution in [0.5, 0.6) is 0 Å². The van der Waals surface area contributed by atoms with Gasteiger partial charge in [0.2, 0.25) is 0 Å². The summed E-state index contributed by atoms with van der Waals surface area (Å²) in [6.45, 7) is 6.07. The van der Waals surface area contributed by atoms with Crippen molar-refractivity contribution in [3.8, 4) is 0 Å². The number of thiophene rings is 1. The van der Waals surface area contributed by atoms with Crippen LogP contribution < -0.4 is 5.32 Å². The van der Waals surface area contributed by atoms with Crippen molar-refractivity contribution in [3.05, 3.63) is 38.7 Å². The lowest BCUT2D eigenvalue weighted by Crippen LogP contribution is -2.12. The van der Waals surface area contributed by atoms with Gasteiger partial charge in [0.25, 0.3) is 0 Å². The van der Waals surface area contributed by atoms with E-state index in [2.05, 4.69) is 20.9 Å². The lowest BCUT2D eigenvalue weighted by molar-refractivity contribution is 0.0696. The van der Waals surface area contributed by atoms with Gasteiger partial charge in [0, 0.05) is 6.54 Å². The molecule has 2 N–H and O–H groups in total. The van der Waals surface area contributed by atoms with Gasteiger partial charge in [0.05, 0.1) is 5.69 Å². The SMILES string of the molecule is Cc1cscc1CNc1nnc(C)c(C)c1C(=O)O. The van der Waals surface area contributed by atoms with Gasteiger partial charge in [-0.2, -0.15) is 16.4 Å². The van der Waals surface area contributed by atoms with E-state index >= 15 is 0 Å². The summed E-state index contributed by atoms with van der Waals surface area (Å²) in [4.78, 5) is 11.3. The molecule has 0 aromatic carbocycles. The molecule has 5 nitrogen and oxygen atoms in total. The molecule has 0 fully saturated rings. The van der Waals surface area contributed by atoms with E-state index in [0.717, 1.165) is 5.56 Å². The fourth-order valence-electron chi connectivity index (χ4n) is 1.74. The molecular weight excluding hydrogens is 262 g/mol. The fraction of sp³-hybridized carbons (Fsp3) is 0.308. The van der Waals surface area contributed by atoms with Crippen LogP contribution in [0.4, 0.5) is 5.82 Å².